The molecule has 144 valence electrons. The van der Waals surface area contributed by atoms with Crippen LogP contribution in [0.3, 0.4) is 0 Å². The van der Waals surface area contributed by atoms with Gasteiger partial charge in [-0.1, -0.05) is 48.5 Å². The zero-order valence-electron chi connectivity index (χ0n) is 15.4. The zero-order valence-corrected chi connectivity index (χ0v) is 15.4. The van der Waals surface area contributed by atoms with Crippen molar-refractivity contribution in [3.05, 3.63) is 71.8 Å². The van der Waals surface area contributed by atoms with Gasteiger partial charge in [-0.25, -0.2) is 0 Å². The summed E-state index contributed by atoms with van der Waals surface area (Å²) in [6.45, 7) is 0.519. The lowest BCUT2D eigenvalue weighted by molar-refractivity contribution is -0.138. The Labute approximate surface area is 163 Å². The van der Waals surface area contributed by atoms with E-state index in [1.54, 1.807) is 29.2 Å². The van der Waals surface area contributed by atoms with Crippen molar-refractivity contribution < 1.29 is 19.1 Å². The van der Waals surface area contributed by atoms with Gasteiger partial charge in [0.2, 0.25) is 5.91 Å². The number of hydrogen-bond acceptors (Lipinski definition) is 4. The zero-order chi connectivity index (χ0) is 19.5. The van der Waals surface area contributed by atoms with Crippen LogP contribution in [0.25, 0.3) is 0 Å². The summed E-state index contributed by atoms with van der Waals surface area (Å²) in [4.78, 5) is 39.8. The van der Waals surface area contributed by atoms with E-state index in [0.29, 0.717) is 24.9 Å². The Balaban J connectivity index is 1.56. The number of Topliss-reactive ketones (excluding diaryl/α,β-unsaturated/α-hetero) is 1. The highest BCUT2D eigenvalue weighted by Gasteiger charge is 2.48. The molecule has 6 heteroatoms. The second-order valence-electron chi connectivity index (χ2n) is 7.16. The highest BCUT2D eigenvalue weighted by molar-refractivity contribution is 5.99. The van der Waals surface area contributed by atoms with Gasteiger partial charge in [-0.2, -0.15) is 0 Å². The van der Waals surface area contributed by atoms with Gasteiger partial charge in [-0.05, 0) is 24.1 Å². The van der Waals surface area contributed by atoms with Gasteiger partial charge in [0.15, 0.2) is 5.78 Å². The standard InChI is InChI=1S/C22H22N2O4/c25-18-14-28-19-11-12-24(20(18)19)22(27)17(13-15-7-3-1-4-8-15)23-21(26)16-9-5-2-6-10-16/h1-10,17,19-20H,11-14H2,(H,23,26). The van der Waals surface area contributed by atoms with Gasteiger partial charge in [-0.3, -0.25) is 14.4 Å². The molecule has 0 bridgehead atoms. The third-order valence-electron chi connectivity index (χ3n) is 5.32. The van der Waals surface area contributed by atoms with E-state index >= 15 is 0 Å². The average Bonchev–Trinajstić information content (AvgIpc) is 3.31. The molecule has 2 fully saturated rings. The van der Waals surface area contributed by atoms with Crippen molar-refractivity contribution in [3.63, 3.8) is 0 Å². The van der Waals surface area contributed by atoms with Crippen molar-refractivity contribution in [1.82, 2.24) is 10.2 Å². The summed E-state index contributed by atoms with van der Waals surface area (Å²) >= 11 is 0. The second-order valence-corrected chi connectivity index (χ2v) is 7.16. The van der Waals surface area contributed by atoms with E-state index in [-0.39, 0.29) is 30.3 Å². The van der Waals surface area contributed by atoms with E-state index in [9.17, 15) is 14.4 Å². The number of likely N-dealkylation sites (tertiary alicyclic amines) is 1. The number of carbonyl (C=O) groups excluding carboxylic acids is 3. The number of ketones is 1. The first-order valence-corrected chi connectivity index (χ1v) is 9.48. The molecular formula is C22H22N2O4. The first-order chi connectivity index (χ1) is 13.6. The Kier molecular flexibility index (Phi) is 5.21. The van der Waals surface area contributed by atoms with Gasteiger partial charge >= 0.3 is 0 Å². The van der Waals surface area contributed by atoms with Gasteiger partial charge in [0, 0.05) is 18.5 Å². The minimum atomic E-state index is -0.748. The highest BCUT2D eigenvalue weighted by Crippen LogP contribution is 2.28. The number of rotatable bonds is 5. The van der Waals surface area contributed by atoms with Crippen LogP contribution in [0.4, 0.5) is 0 Å². The van der Waals surface area contributed by atoms with Crippen molar-refractivity contribution in [2.24, 2.45) is 0 Å². The molecule has 4 rings (SSSR count). The van der Waals surface area contributed by atoms with E-state index in [1.807, 2.05) is 36.4 Å². The van der Waals surface area contributed by atoms with Crippen LogP contribution >= 0.6 is 0 Å². The first kappa shape index (κ1) is 18.4. The first-order valence-electron chi connectivity index (χ1n) is 9.48. The molecule has 2 aromatic carbocycles. The lowest BCUT2D eigenvalue weighted by Crippen LogP contribution is -2.53. The van der Waals surface area contributed by atoms with Gasteiger partial charge in [0.1, 0.15) is 18.7 Å². The van der Waals surface area contributed by atoms with Crippen molar-refractivity contribution in [2.75, 3.05) is 13.2 Å². The van der Waals surface area contributed by atoms with Crippen LogP contribution < -0.4 is 5.32 Å². The van der Waals surface area contributed by atoms with Gasteiger partial charge in [-0.15, -0.1) is 0 Å². The fourth-order valence-electron chi connectivity index (χ4n) is 3.92. The smallest absolute Gasteiger partial charge is 0.251 e. The molecule has 0 radical (unpaired) electrons. The molecule has 2 heterocycles. The average molecular weight is 378 g/mol. The number of ether oxygens (including phenoxy) is 1. The molecular weight excluding hydrogens is 356 g/mol. The third kappa shape index (κ3) is 3.68. The molecule has 2 aromatic rings. The number of fused-ring (bicyclic) bond motifs is 1. The molecule has 2 saturated heterocycles. The maximum Gasteiger partial charge on any atom is 0.251 e. The Morgan fingerprint density at radius 3 is 2.46 bits per heavy atom. The molecule has 3 atom stereocenters. The van der Waals surface area contributed by atoms with E-state index in [4.69, 9.17) is 4.74 Å². The van der Waals surface area contributed by atoms with Crippen LogP contribution in [-0.4, -0.2) is 53.8 Å². The van der Waals surface area contributed by atoms with Crippen LogP contribution in [0, 0.1) is 0 Å². The Morgan fingerprint density at radius 1 is 1.07 bits per heavy atom. The van der Waals surface area contributed by atoms with Crippen molar-refractivity contribution in [1.29, 1.82) is 0 Å². The van der Waals surface area contributed by atoms with E-state index in [2.05, 4.69) is 5.32 Å². The monoisotopic (exact) mass is 378 g/mol. The van der Waals surface area contributed by atoms with Crippen LogP contribution in [0.5, 0.6) is 0 Å². The molecule has 0 saturated carbocycles. The summed E-state index contributed by atoms with van der Waals surface area (Å²) < 4.78 is 5.49. The topological polar surface area (TPSA) is 75.7 Å². The number of nitrogens with zero attached hydrogens (tertiary/aromatic N) is 1. The van der Waals surface area contributed by atoms with Crippen LogP contribution in [0.1, 0.15) is 22.3 Å². The summed E-state index contributed by atoms with van der Waals surface area (Å²) in [6, 6.07) is 17.1. The summed E-state index contributed by atoms with van der Waals surface area (Å²) in [6.07, 6.45) is 0.784. The number of amides is 2. The minimum absolute atomic E-state index is 0.0544. The van der Waals surface area contributed by atoms with Crippen LogP contribution in [-0.2, 0) is 20.7 Å². The third-order valence-corrected chi connectivity index (χ3v) is 5.32. The van der Waals surface area contributed by atoms with E-state index in [0.717, 1.165) is 5.56 Å². The van der Waals surface area contributed by atoms with Gasteiger partial charge in [0.25, 0.3) is 5.91 Å². The Morgan fingerprint density at radius 2 is 1.75 bits per heavy atom. The normalized spacial score (nSPS) is 22.0. The quantitative estimate of drug-likeness (QED) is 0.858. The summed E-state index contributed by atoms with van der Waals surface area (Å²) in [7, 11) is 0. The van der Waals surface area contributed by atoms with Crippen LogP contribution in [0.2, 0.25) is 0 Å². The maximum atomic E-state index is 13.3. The maximum absolute atomic E-state index is 13.3. The molecule has 3 unspecified atom stereocenters. The molecule has 28 heavy (non-hydrogen) atoms. The number of hydrogen-bond donors (Lipinski definition) is 1. The van der Waals surface area contributed by atoms with Crippen molar-refractivity contribution >= 4 is 17.6 Å². The Bertz CT molecular complexity index is 869. The minimum Gasteiger partial charge on any atom is -0.368 e. The number of benzene rings is 2. The van der Waals surface area contributed by atoms with E-state index in [1.165, 1.54) is 0 Å². The highest BCUT2D eigenvalue weighted by atomic mass is 16.5. The van der Waals surface area contributed by atoms with Gasteiger partial charge in [0.05, 0.1) is 6.10 Å². The van der Waals surface area contributed by atoms with Crippen molar-refractivity contribution in [2.45, 2.75) is 31.0 Å². The predicted octanol–water partition coefficient (Wildman–Crippen LogP) is 1.60. The second kappa shape index (κ2) is 7.94. The fraction of sp³-hybridized carbons (Fsp3) is 0.318. The SMILES string of the molecule is O=C(NC(Cc1ccccc1)C(=O)N1CCC2OCC(=O)C21)c1ccccc1. The molecule has 2 aliphatic rings. The lowest BCUT2D eigenvalue weighted by atomic mass is 10.0. The number of carbonyl (C=O) groups is 3. The van der Waals surface area contributed by atoms with Gasteiger partial charge < -0.3 is 15.0 Å². The molecule has 2 amide bonds. The molecule has 6 nitrogen and oxygen atoms in total. The molecule has 0 aliphatic carbocycles. The fourth-order valence-corrected chi connectivity index (χ4v) is 3.92. The number of nitrogens with one attached hydrogen (secondary N) is 1. The lowest BCUT2D eigenvalue weighted by Gasteiger charge is -2.27. The summed E-state index contributed by atoms with van der Waals surface area (Å²) in [5.74, 6) is -0.609. The largest absolute Gasteiger partial charge is 0.368 e. The molecule has 1 N–H and O–H groups in total. The molecule has 2 aliphatic heterocycles. The summed E-state index contributed by atoms with van der Waals surface area (Å²) in [5, 5.41) is 2.87. The summed E-state index contributed by atoms with van der Waals surface area (Å²) in [5.41, 5.74) is 1.44. The van der Waals surface area contributed by atoms with Crippen LogP contribution in [0.15, 0.2) is 60.7 Å². The van der Waals surface area contributed by atoms with Crippen molar-refractivity contribution in [3.8, 4) is 0 Å². The predicted molar refractivity (Wildman–Crippen MR) is 103 cm³/mol. The Hall–Kier alpha value is -2.99. The molecule has 0 aromatic heterocycles. The van der Waals surface area contributed by atoms with E-state index < -0.39 is 12.1 Å². The molecule has 0 spiro atoms.